The largest absolute Gasteiger partial charge is 0.479 e. The van der Waals surface area contributed by atoms with Gasteiger partial charge in [-0.15, -0.1) is 0 Å². The lowest BCUT2D eigenvalue weighted by atomic mass is 10.2. The molecule has 1 rings (SSSR count). The van der Waals surface area contributed by atoms with Crippen LogP contribution in [0.2, 0.25) is 5.02 Å². The van der Waals surface area contributed by atoms with Gasteiger partial charge in [-0.3, -0.25) is 0 Å². The van der Waals surface area contributed by atoms with Crippen molar-refractivity contribution in [2.45, 2.75) is 0 Å². The predicted molar refractivity (Wildman–Crippen MR) is 60.3 cm³/mol. The molecule has 0 heterocycles. The van der Waals surface area contributed by atoms with E-state index < -0.39 is 12.6 Å². The Morgan fingerprint density at radius 2 is 2.40 bits per heavy atom. The highest BCUT2D eigenvalue weighted by molar-refractivity contribution is 9.10. The van der Waals surface area contributed by atoms with Crippen molar-refractivity contribution in [1.29, 1.82) is 0 Å². The Balaban J connectivity index is 2.57. The summed E-state index contributed by atoms with van der Waals surface area (Å²) in [5.74, 6) is -1.07. The zero-order chi connectivity index (χ0) is 11.3. The third-order valence-corrected chi connectivity index (χ3v) is 2.64. The van der Waals surface area contributed by atoms with Crippen molar-refractivity contribution in [3.8, 4) is 0 Å². The fourth-order valence-corrected chi connectivity index (χ4v) is 1.22. The number of benzene rings is 1. The molecule has 0 aliphatic carbocycles. The van der Waals surface area contributed by atoms with Crippen molar-refractivity contribution in [3.05, 3.63) is 33.3 Å². The summed E-state index contributed by atoms with van der Waals surface area (Å²) in [7, 11) is 0. The number of hydrogen-bond donors (Lipinski definition) is 1. The standard InChI is InChI=1S/C9H7BrClNO3/c10-7-2-1-6(3-8(7)11)4-12-15-5-9(13)14/h1-4H,5H2,(H,13,14)/b12-4+. The fourth-order valence-electron chi connectivity index (χ4n) is 0.783. The van der Waals surface area contributed by atoms with Gasteiger partial charge < -0.3 is 9.94 Å². The smallest absolute Gasteiger partial charge is 0.344 e. The van der Waals surface area contributed by atoms with Gasteiger partial charge in [-0.2, -0.15) is 0 Å². The van der Waals surface area contributed by atoms with Crippen LogP contribution in [0.5, 0.6) is 0 Å². The number of hydrogen-bond acceptors (Lipinski definition) is 3. The first-order valence-electron chi connectivity index (χ1n) is 3.92. The van der Waals surface area contributed by atoms with E-state index in [9.17, 15) is 4.79 Å². The monoisotopic (exact) mass is 291 g/mol. The zero-order valence-corrected chi connectivity index (χ0v) is 9.83. The second-order valence-electron chi connectivity index (χ2n) is 2.58. The zero-order valence-electron chi connectivity index (χ0n) is 7.48. The predicted octanol–water partition coefficient (Wildman–Crippen LogP) is 2.54. The molecule has 1 aromatic carbocycles. The molecule has 6 heteroatoms. The first kappa shape index (κ1) is 12.0. The van der Waals surface area contributed by atoms with Crippen molar-refractivity contribution < 1.29 is 14.7 Å². The Morgan fingerprint density at radius 3 is 3.00 bits per heavy atom. The number of nitrogens with zero attached hydrogens (tertiary/aromatic N) is 1. The topological polar surface area (TPSA) is 58.9 Å². The van der Waals surface area contributed by atoms with Crippen molar-refractivity contribution in [2.24, 2.45) is 5.16 Å². The summed E-state index contributed by atoms with van der Waals surface area (Å²) in [5, 5.41) is 12.3. The van der Waals surface area contributed by atoms with Gasteiger partial charge in [0.2, 0.25) is 6.61 Å². The fraction of sp³-hybridized carbons (Fsp3) is 0.111. The Morgan fingerprint density at radius 1 is 1.67 bits per heavy atom. The summed E-state index contributed by atoms with van der Waals surface area (Å²) in [4.78, 5) is 14.6. The van der Waals surface area contributed by atoms with Crippen molar-refractivity contribution in [2.75, 3.05) is 6.61 Å². The third-order valence-electron chi connectivity index (χ3n) is 1.41. The van der Waals surface area contributed by atoms with E-state index in [1.54, 1.807) is 18.2 Å². The lowest BCUT2D eigenvalue weighted by molar-refractivity contribution is -0.142. The van der Waals surface area contributed by atoms with Gasteiger partial charge in [-0.25, -0.2) is 4.79 Å². The summed E-state index contributed by atoms with van der Waals surface area (Å²) in [5.41, 5.74) is 0.730. The highest BCUT2D eigenvalue weighted by Crippen LogP contribution is 2.22. The number of halogens is 2. The van der Waals surface area contributed by atoms with Crippen LogP contribution in [0, 0.1) is 0 Å². The molecule has 0 saturated carbocycles. The molecule has 0 aromatic heterocycles. The molecule has 4 nitrogen and oxygen atoms in total. The number of carboxylic acid groups (broad SMARTS) is 1. The van der Waals surface area contributed by atoms with Crippen LogP contribution in [0.25, 0.3) is 0 Å². The minimum atomic E-state index is -1.07. The molecule has 0 aliphatic rings. The van der Waals surface area contributed by atoms with Gasteiger partial charge in [-0.1, -0.05) is 22.8 Å². The van der Waals surface area contributed by atoms with E-state index in [1.807, 2.05) is 0 Å². The molecule has 0 amide bonds. The molecule has 80 valence electrons. The van der Waals surface area contributed by atoms with Gasteiger partial charge >= 0.3 is 5.97 Å². The van der Waals surface area contributed by atoms with Crippen LogP contribution in [0.4, 0.5) is 0 Å². The highest BCUT2D eigenvalue weighted by atomic mass is 79.9. The molecule has 0 unspecified atom stereocenters. The van der Waals surface area contributed by atoms with E-state index >= 15 is 0 Å². The van der Waals surface area contributed by atoms with Crippen LogP contribution in [-0.4, -0.2) is 23.9 Å². The maximum absolute atomic E-state index is 10.1. The lowest BCUT2D eigenvalue weighted by Crippen LogP contribution is -2.03. The normalized spacial score (nSPS) is 10.5. The molecule has 0 bridgehead atoms. The van der Waals surface area contributed by atoms with Gasteiger partial charge in [0.1, 0.15) is 0 Å². The maximum atomic E-state index is 10.1. The Bertz CT molecular complexity index is 395. The van der Waals surface area contributed by atoms with E-state index in [0.29, 0.717) is 5.02 Å². The Kier molecular flexibility index (Phi) is 4.58. The minimum absolute atomic E-state index is 0.458. The number of oxime groups is 1. The summed E-state index contributed by atoms with van der Waals surface area (Å²) < 4.78 is 0.785. The quantitative estimate of drug-likeness (QED) is 0.685. The van der Waals surface area contributed by atoms with Crippen molar-refractivity contribution >= 4 is 39.7 Å². The van der Waals surface area contributed by atoms with E-state index in [4.69, 9.17) is 16.7 Å². The SMILES string of the molecule is O=C(O)CO/N=C/c1ccc(Br)c(Cl)c1. The number of rotatable bonds is 4. The van der Waals surface area contributed by atoms with Gasteiger partial charge in [0.15, 0.2) is 0 Å². The summed E-state index contributed by atoms with van der Waals surface area (Å²) in [6.45, 7) is -0.458. The molecular weight excluding hydrogens is 285 g/mol. The number of carboxylic acids is 1. The minimum Gasteiger partial charge on any atom is -0.479 e. The van der Waals surface area contributed by atoms with Crippen LogP contribution >= 0.6 is 27.5 Å². The number of carbonyl (C=O) groups is 1. The number of aliphatic carboxylic acids is 1. The Hall–Kier alpha value is -1.07. The van der Waals surface area contributed by atoms with E-state index in [0.717, 1.165) is 10.0 Å². The first-order valence-corrected chi connectivity index (χ1v) is 5.09. The molecule has 0 aliphatic heterocycles. The van der Waals surface area contributed by atoms with Crippen molar-refractivity contribution in [3.63, 3.8) is 0 Å². The van der Waals surface area contributed by atoms with Crippen LogP contribution in [0.15, 0.2) is 27.8 Å². The van der Waals surface area contributed by atoms with Crippen LogP contribution in [-0.2, 0) is 9.63 Å². The summed E-state index contributed by atoms with van der Waals surface area (Å²) in [6.07, 6.45) is 1.39. The lowest BCUT2D eigenvalue weighted by Gasteiger charge is -1.97. The maximum Gasteiger partial charge on any atom is 0.344 e. The average molecular weight is 293 g/mol. The summed E-state index contributed by atoms with van der Waals surface area (Å²) in [6, 6.07) is 5.21. The highest BCUT2D eigenvalue weighted by Gasteiger charge is 1.97. The van der Waals surface area contributed by atoms with Gasteiger partial charge in [-0.05, 0) is 33.6 Å². The molecule has 0 saturated heterocycles. The molecule has 0 atom stereocenters. The molecule has 0 spiro atoms. The molecular formula is C9H7BrClNO3. The van der Waals surface area contributed by atoms with Crippen LogP contribution in [0.1, 0.15) is 5.56 Å². The second kappa shape index (κ2) is 5.72. The van der Waals surface area contributed by atoms with Gasteiger partial charge in [0, 0.05) is 4.47 Å². The Labute approximate surface area is 99.6 Å². The third kappa shape index (κ3) is 4.31. The van der Waals surface area contributed by atoms with Crippen molar-refractivity contribution in [1.82, 2.24) is 0 Å². The molecule has 0 fully saturated rings. The van der Waals surface area contributed by atoms with Crippen LogP contribution in [0.3, 0.4) is 0 Å². The first-order chi connectivity index (χ1) is 7.09. The van der Waals surface area contributed by atoms with Gasteiger partial charge in [0.05, 0.1) is 11.2 Å². The molecule has 1 N–H and O–H groups in total. The average Bonchev–Trinajstić information content (AvgIpc) is 2.18. The van der Waals surface area contributed by atoms with Crippen LogP contribution < -0.4 is 0 Å². The van der Waals surface area contributed by atoms with E-state index in [1.165, 1.54) is 6.21 Å². The van der Waals surface area contributed by atoms with E-state index in [-0.39, 0.29) is 0 Å². The molecule has 0 radical (unpaired) electrons. The van der Waals surface area contributed by atoms with E-state index in [2.05, 4.69) is 25.9 Å². The second-order valence-corrected chi connectivity index (χ2v) is 3.84. The molecule has 15 heavy (non-hydrogen) atoms. The summed E-state index contributed by atoms with van der Waals surface area (Å²) >= 11 is 9.08. The van der Waals surface area contributed by atoms with Gasteiger partial charge in [0.25, 0.3) is 0 Å². The molecule has 1 aromatic rings.